The maximum absolute atomic E-state index is 12.6. The number of alkyl halides is 2. The Labute approximate surface area is 201 Å². The minimum atomic E-state index is -2.87. The van der Waals surface area contributed by atoms with E-state index in [0.717, 1.165) is 18.4 Å². The molecule has 0 bridgehead atoms. The third kappa shape index (κ3) is 6.28. The number of carbonyl (C=O) groups is 1. The monoisotopic (exact) mass is 484 g/mol. The number of carbonyl (C=O) groups excluding carboxylic acids is 1. The second kappa shape index (κ2) is 11.2. The van der Waals surface area contributed by atoms with Crippen LogP contribution in [-0.4, -0.2) is 51.5 Å². The lowest BCUT2D eigenvalue weighted by Gasteiger charge is -2.21. The van der Waals surface area contributed by atoms with E-state index in [1.54, 1.807) is 48.8 Å². The molecule has 1 unspecified atom stereocenters. The average Bonchev–Trinajstić information content (AvgIpc) is 3.25. The molecule has 0 aliphatic heterocycles. The third-order valence-corrected chi connectivity index (χ3v) is 5.94. The average molecular weight is 485 g/mol. The summed E-state index contributed by atoms with van der Waals surface area (Å²) >= 11 is 0. The minimum Gasteiger partial charge on any atom is -0.435 e. The third-order valence-electron chi connectivity index (χ3n) is 5.94. The van der Waals surface area contributed by atoms with E-state index in [9.17, 15) is 23.8 Å². The largest absolute Gasteiger partial charge is 0.435 e. The summed E-state index contributed by atoms with van der Waals surface area (Å²) in [6.07, 6.45) is 4.93. The Morgan fingerprint density at radius 1 is 1.03 bits per heavy atom. The van der Waals surface area contributed by atoms with E-state index < -0.39 is 18.6 Å². The van der Waals surface area contributed by atoms with Gasteiger partial charge in [-0.15, -0.1) is 0 Å². The maximum atomic E-state index is 12.6. The number of aliphatic hydroxyl groups is 2. The van der Waals surface area contributed by atoms with E-state index in [4.69, 9.17) is 0 Å². The molecule has 1 aromatic heterocycles. The summed E-state index contributed by atoms with van der Waals surface area (Å²) in [5.41, 5.74) is 2.80. The molecule has 0 spiro atoms. The molecule has 1 amide bonds. The van der Waals surface area contributed by atoms with E-state index >= 15 is 0 Å². The highest BCUT2D eigenvalue weighted by atomic mass is 19.3. The Balaban J connectivity index is 1.36. The molecule has 3 aromatic rings. The summed E-state index contributed by atoms with van der Waals surface area (Å²) in [6.45, 7) is -3.22. The van der Waals surface area contributed by atoms with Gasteiger partial charge in [-0.25, -0.2) is 9.97 Å². The van der Waals surface area contributed by atoms with Crippen molar-refractivity contribution in [3.8, 4) is 16.9 Å². The van der Waals surface area contributed by atoms with Crippen molar-refractivity contribution in [3.63, 3.8) is 0 Å². The van der Waals surface area contributed by atoms with Crippen LogP contribution >= 0.6 is 0 Å². The van der Waals surface area contributed by atoms with Crippen molar-refractivity contribution in [1.82, 2.24) is 15.3 Å². The number of anilines is 2. The van der Waals surface area contributed by atoms with Gasteiger partial charge in [0.05, 0.1) is 24.7 Å². The number of aromatic nitrogens is 2. The zero-order chi connectivity index (χ0) is 24.8. The number of rotatable bonds is 9. The quantitative estimate of drug-likeness (QED) is 0.367. The fourth-order valence-corrected chi connectivity index (χ4v) is 4.03. The van der Waals surface area contributed by atoms with Crippen LogP contribution in [0.5, 0.6) is 5.75 Å². The Bertz CT molecular complexity index is 1110. The standard InChI is InChI=1S/C25H26F2N4O4/c26-24(27)35-19-10-6-15(7-11-19)17-12-28-25(29-13-17)30-18-8-4-16(5-9-18)20(14-32)23(34)31-21-2-1-3-22(21)33/h4-13,20-22,24,32-33H,1-3,14H2,(H,31,34)(H,28,29,30)/t20-,21+,22?/m1/s1. The second-order valence-corrected chi connectivity index (χ2v) is 8.29. The van der Waals surface area contributed by atoms with Crippen LogP contribution in [0, 0.1) is 0 Å². The molecule has 1 aliphatic rings. The highest BCUT2D eigenvalue weighted by Gasteiger charge is 2.29. The number of hydrogen-bond acceptors (Lipinski definition) is 7. The van der Waals surface area contributed by atoms with Crippen LogP contribution in [0.4, 0.5) is 20.4 Å². The van der Waals surface area contributed by atoms with Crippen LogP contribution in [0.3, 0.4) is 0 Å². The molecule has 1 saturated carbocycles. The molecular formula is C25H26F2N4O4. The summed E-state index contributed by atoms with van der Waals surface area (Å²) in [5, 5.41) is 25.6. The van der Waals surface area contributed by atoms with Crippen LogP contribution in [0.15, 0.2) is 60.9 Å². The van der Waals surface area contributed by atoms with Gasteiger partial charge in [0.2, 0.25) is 11.9 Å². The molecule has 2 aromatic carbocycles. The molecule has 10 heteroatoms. The second-order valence-electron chi connectivity index (χ2n) is 8.29. The molecular weight excluding hydrogens is 458 g/mol. The lowest BCUT2D eigenvalue weighted by molar-refractivity contribution is -0.124. The van der Waals surface area contributed by atoms with Crippen molar-refractivity contribution in [3.05, 3.63) is 66.5 Å². The van der Waals surface area contributed by atoms with Crippen LogP contribution in [-0.2, 0) is 4.79 Å². The van der Waals surface area contributed by atoms with Crippen molar-refractivity contribution in [2.75, 3.05) is 11.9 Å². The highest BCUT2D eigenvalue weighted by molar-refractivity contribution is 5.84. The van der Waals surface area contributed by atoms with Gasteiger partial charge in [0.1, 0.15) is 5.75 Å². The zero-order valence-corrected chi connectivity index (χ0v) is 18.8. The normalized spacial score (nSPS) is 18.3. The van der Waals surface area contributed by atoms with Crippen molar-refractivity contribution in [2.45, 2.75) is 43.9 Å². The molecule has 0 radical (unpaired) electrons. The topological polar surface area (TPSA) is 117 Å². The summed E-state index contributed by atoms with van der Waals surface area (Å²) in [5.74, 6) is -0.619. The van der Waals surface area contributed by atoms with Gasteiger partial charge in [-0.2, -0.15) is 8.78 Å². The minimum absolute atomic E-state index is 0.0726. The van der Waals surface area contributed by atoms with Crippen molar-refractivity contribution in [1.29, 1.82) is 0 Å². The van der Waals surface area contributed by atoms with Gasteiger partial charge >= 0.3 is 6.61 Å². The van der Waals surface area contributed by atoms with Gasteiger partial charge in [-0.3, -0.25) is 4.79 Å². The molecule has 1 aliphatic carbocycles. The summed E-state index contributed by atoms with van der Waals surface area (Å²) in [7, 11) is 0. The van der Waals surface area contributed by atoms with E-state index in [2.05, 4.69) is 25.3 Å². The molecule has 8 nitrogen and oxygen atoms in total. The smallest absolute Gasteiger partial charge is 0.387 e. The Morgan fingerprint density at radius 3 is 2.29 bits per heavy atom. The molecule has 1 heterocycles. The number of ether oxygens (including phenoxy) is 1. The Hall–Kier alpha value is -3.63. The van der Waals surface area contributed by atoms with Gasteiger partial charge in [0.25, 0.3) is 0 Å². The molecule has 0 saturated heterocycles. The van der Waals surface area contributed by atoms with Crippen LogP contribution in [0.2, 0.25) is 0 Å². The number of nitrogens with zero attached hydrogens (tertiary/aromatic N) is 2. The molecule has 4 N–H and O–H groups in total. The molecule has 3 atom stereocenters. The van der Waals surface area contributed by atoms with Crippen molar-refractivity contribution >= 4 is 17.5 Å². The first-order valence-electron chi connectivity index (χ1n) is 11.3. The fraction of sp³-hybridized carbons (Fsp3) is 0.320. The van der Waals surface area contributed by atoms with Crippen LogP contribution in [0.25, 0.3) is 11.1 Å². The number of amides is 1. The number of nitrogens with one attached hydrogen (secondary N) is 2. The number of halogens is 2. The highest BCUT2D eigenvalue weighted by Crippen LogP contribution is 2.25. The lowest BCUT2D eigenvalue weighted by atomic mass is 9.98. The first-order valence-corrected chi connectivity index (χ1v) is 11.3. The SMILES string of the molecule is O=C(N[C@H]1CCCC1O)[C@H](CO)c1ccc(Nc2ncc(-c3ccc(OC(F)F)cc3)cn2)cc1. The molecule has 35 heavy (non-hydrogen) atoms. The first kappa shape index (κ1) is 24.5. The molecule has 4 rings (SSSR count). The molecule has 1 fully saturated rings. The van der Waals surface area contributed by atoms with E-state index in [0.29, 0.717) is 29.2 Å². The molecule has 184 valence electrons. The number of aliphatic hydroxyl groups excluding tert-OH is 2. The van der Waals surface area contributed by atoms with Crippen molar-refractivity contribution < 1.29 is 28.5 Å². The van der Waals surface area contributed by atoms with Gasteiger partial charge in [0, 0.05) is 23.6 Å². The Morgan fingerprint density at radius 2 is 1.71 bits per heavy atom. The van der Waals surface area contributed by atoms with E-state index in [1.165, 1.54) is 12.1 Å². The van der Waals surface area contributed by atoms with Crippen LogP contribution < -0.4 is 15.4 Å². The Kier molecular flexibility index (Phi) is 7.84. The van der Waals surface area contributed by atoms with Crippen molar-refractivity contribution in [2.24, 2.45) is 0 Å². The zero-order valence-electron chi connectivity index (χ0n) is 18.8. The number of benzene rings is 2. The summed E-state index contributed by atoms with van der Waals surface area (Å²) in [4.78, 5) is 21.2. The van der Waals surface area contributed by atoms with E-state index in [1.807, 2.05) is 0 Å². The van der Waals surface area contributed by atoms with Crippen LogP contribution in [0.1, 0.15) is 30.7 Å². The van der Waals surface area contributed by atoms with Gasteiger partial charge in [-0.1, -0.05) is 24.3 Å². The lowest BCUT2D eigenvalue weighted by Crippen LogP contribution is -2.43. The fourth-order valence-electron chi connectivity index (χ4n) is 4.03. The van der Waals surface area contributed by atoms with Gasteiger partial charge < -0.3 is 25.6 Å². The summed E-state index contributed by atoms with van der Waals surface area (Å²) < 4.78 is 28.9. The van der Waals surface area contributed by atoms with Gasteiger partial charge in [-0.05, 0) is 54.7 Å². The maximum Gasteiger partial charge on any atom is 0.387 e. The first-order chi connectivity index (χ1) is 16.9. The predicted octanol–water partition coefficient (Wildman–Crippen LogP) is 3.59. The predicted molar refractivity (Wildman–Crippen MR) is 125 cm³/mol. The van der Waals surface area contributed by atoms with E-state index in [-0.39, 0.29) is 24.3 Å². The summed E-state index contributed by atoms with van der Waals surface area (Å²) in [6, 6.07) is 12.9. The van der Waals surface area contributed by atoms with Gasteiger partial charge in [0.15, 0.2) is 0 Å². The number of hydrogen-bond donors (Lipinski definition) is 4.